The molecule has 3 aliphatic carbocycles. The van der Waals surface area contributed by atoms with E-state index in [0.717, 1.165) is 5.56 Å². The summed E-state index contributed by atoms with van der Waals surface area (Å²) in [5.74, 6) is -3.82. The van der Waals surface area contributed by atoms with Gasteiger partial charge >= 0.3 is 5.97 Å². The van der Waals surface area contributed by atoms with Crippen LogP contribution in [0.4, 0.5) is 0 Å². The highest BCUT2D eigenvalue weighted by molar-refractivity contribution is 5.93. The summed E-state index contributed by atoms with van der Waals surface area (Å²) in [5, 5.41) is 58.1. The zero-order chi connectivity index (χ0) is 29.6. The largest absolute Gasteiger partial charge is 0.456 e. The van der Waals surface area contributed by atoms with Gasteiger partial charge in [0.2, 0.25) is 0 Å². The first-order valence-corrected chi connectivity index (χ1v) is 14.1. The molecule has 9 nitrogen and oxygen atoms in total. The van der Waals surface area contributed by atoms with Gasteiger partial charge in [-0.15, -0.1) is 0 Å². The number of aliphatic hydroxyl groups is 5. The number of carbonyl (C=O) groups is 2. The maximum atomic E-state index is 14.1. The van der Waals surface area contributed by atoms with E-state index in [1.165, 1.54) is 0 Å². The molecule has 11 atom stereocenters. The van der Waals surface area contributed by atoms with Crippen LogP contribution >= 0.6 is 0 Å². The van der Waals surface area contributed by atoms with Crippen LogP contribution in [0, 0.1) is 22.7 Å². The number of hydrogen-bond donors (Lipinski definition) is 5. The van der Waals surface area contributed by atoms with Crippen molar-refractivity contribution in [2.75, 3.05) is 6.61 Å². The molecule has 2 saturated carbocycles. The molecule has 3 fully saturated rings. The normalized spacial score (nSPS) is 43.8. The van der Waals surface area contributed by atoms with Crippen molar-refractivity contribution in [3.05, 3.63) is 47.0 Å². The fourth-order valence-electron chi connectivity index (χ4n) is 8.47. The lowest BCUT2D eigenvalue weighted by atomic mass is 9.43. The summed E-state index contributed by atoms with van der Waals surface area (Å²) in [6, 6.07) is 9.07. The minimum Gasteiger partial charge on any atom is -0.456 e. The first kappa shape index (κ1) is 29.4. The molecule has 5 N–H and O–H groups in total. The SMILES string of the molecule is CC1=C2C(O)C(=O)C3(C)C(O)CC4OCC4(O)C3C(C)C(O)(CC1OC(=O)C(O)C(C)c1ccccc1)C2(C)C. The molecule has 1 saturated heterocycles. The highest BCUT2D eigenvalue weighted by Gasteiger charge is 2.74. The molecule has 1 aliphatic heterocycles. The van der Waals surface area contributed by atoms with Crippen LogP contribution < -0.4 is 0 Å². The van der Waals surface area contributed by atoms with Crippen LogP contribution in [0.15, 0.2) is 41.5 Å². The highest BCUT2D eigenvalue weighted by Crippen LogP contribution is 2.64. The van der Waals surface area contributed by atoms with Crippen LogP contribution in [-0.4, -0.2) is 85.6 Å². The Morgan fingerprint density at radius 3 is 2.33 bits per heavy atom. The Morgan fingerprint density at radius 2 is 1.75 bits per heavy atom. The zero-order valence-electron chi connectivity index (χ0n) is 24.0. The van der Waals surface area contributed by atoms with E-state index >= 15 is 0 Å². The van der Waals surface area contributed by atoms with Crippen LogP contribution in [0.2, 0.25) is 0 Å². The molecule has 4 aliphatic rings. The van der Waals surface area contributed by atoms with E-state index in [9.17, 15) is 35.1 Å². The molecule has 11 unspecified atom stereocenters. The summed E-state index contributed by atoms with van der Waals surface area (Å²) in [6.07, 6.45) is -6.20. The van der Waals surface area contributed by atoms with Crippen LogP contribution in [0.25, 0.3) is 0 Å². The van der Waals surface area contributed by atoms with Crippen molar-refractivity contribution in [3.63, 3.8) is 0 Å². The van der Waals surface area contributed by atoms with Gasteiger partial charge in [0.05, 0.1) is 29.8 Å². The Bertz CT molecular complexity index is 1230. The lowest BCUT2D eigenvalue weighted by molar-refractivity contribution is -0.335. The van der Waals surface area contributed by atoms with E-state index in [4.69, 9.17) is 9.47 Å². The van der Waals surface area contributed by atoms with Crippen LogP contribution in [0.5, 0.6) is 0 Å². The summed E-state index contributed by atoms with van der Waals surface area (Å²) >= 11 is 0. The Morgan fingerprint density at radius 1 is 1.12 bits per heavy atom. The maximum Gasteiger partial charge on any atom is 0.336 e. The third-order valence-electron chi connectivity index (χ3n) is 11.2. The average Bonchev–Trinajstić information content (AvgIpc) is 2.91. The van der Waals surface area contributed by atoms with E-state index in [0.29, 0.717) is 5.57 Å². The van der Waals surface area contributed by atoms with Crippen molar-refractivity contribution in [3.8, 4) is 0 Å². The number of carbonyl (C=O) groups excluding carboxylic acids is 2. The summed E-state index contributed by atoms with van der Waals surface area (Å²) in [5.41, 5.74) is -4.48. The zero-order valence-corrected chi connectivity index (χ0v) is 24.0. The molecule has 0 amide bonds. The van der Waals surface area contributed by atoms with E-state index < -0.39 is 82.1 Å². The van der Waals surface area contributed by atoms with Crippen molar-refractivity contribution in [1.29, 1.82) is 0 Å². The van der Waals surface area contributed by atoms with Crippen molar-refractivity contribution in [2.45, 2.75) is 102 Å². The van der Waals surface area contributed by atoms with Gasteiger partial charge in [0, 0.05) is 30.1 Å². The smallest absolute Gasteiger partial charge is 0.336 e. The number of Topliss-reactive ketones (excluding diaryl/α,β-unsaturated/α-hetero) is 1. The van der Waals surface area contributed by atoms with E-state index in [-0.39, 0.29) is 25.0 Å². The topological polar surface area (TPSA) is 154 Å². The van der Waals surface area contributed by atoms with Gasteiger partial charge in [0.25, 0.3) is 0 Å². The lowest BCUT2D eigenvalue weighted by Crippen LogP contribution is -2.78. The Kier molecular flexibility index (Phi) is 6.93. The van der Waals surface area contributed by atoms with Gasteiger partial charge < -0.3 is 35.0 Å². The second-order valence-corrected chi connectivity index (χ2v) is 13.3. The summed E-state index contributed by atoms with van der Waals surface area (Å²) in [4.78, 5) is 27.3. The molecular formula is C31H42O9. The monoisotopic (exact) mass is 558 g/mol. The van der Waals surface area contributed by atoms with E-state index in [1.54, 1.807) is 53.7 Å². The van der Waals surface area contributed by atoms with Gasteiger partial charge in [-0.25, -0.2) is 4.79 Å². The molecule has 40 heavy (non-hydrogen) atoms. The maximum absolute atomic E-state index is 14.1. The third-order valence-corrected chi connectivity index (χ3v) is 11.2. The minimum absolute atomic E-state index is 0.0340. The van der Waals surface area contributed by atoms with Gasteiger partial charge in [-0.1, -0.05) is 58.0 Å². The van der Waals surface area contributed by atoms with Crippen LogP contribution in [0.1, 0.15) is 65.9 Å². The molecule has 2 bridgehead atoms. The Hall–Kier alpha value is -2.14. The van der Waals surface area contributed by atoms with Crippen molar-refractivity contribution >= 4 is 11.8 Å². The van der Waals surface area contributed by atoms with Crippen molar-refractivity contribution in [2.24, 2.45) is 22.7 Å². The first-order valence-electron chi connectivity index (χ1n) is 14.1. The second kappa shape index (κ2) is 9.44. The lowest BCUT2D eigenvalue weighted by Gasteiger charge is -2.67. The first-order chi connectivity index (χ1) is 18.5. The summed E-state index contributed by atoms with van der Waals surface area (Å²) < 4.78 is 11.4. The predicted octanol–water partition coefficient (Wildman–Crippen LogP) is 1.64. The number of ether oxygens (including phenoxy) is 2. The quantitative estimate of drug-likeness (QED) is 0.274. The molecule has 0 aromatic heterocycles. The number of fused-ring (bicyclic) bond motifs is 5. The third kappa shape index (κ3) is 3.75. The Labute approximate surface area is 234 Å². The number of benzene rings is 1. The molecule has 1 aromatic carbocycles. The number of aliphatic hydroxyl groups excluding tert-OH is 3. The van der Waals surface area contributed by atoms with Crippen LogP contribution in [-0.2, 0) is 19.1 Å². The van der Waals surface area contributed by atoms with Crippen LogP contribution in [0.3, 0.4) is 0 Å². The molecular weight excluding hydrogens is 516 g/mol. The van der Waals surface area contributed by atoms with Gasteiger partial charge in [-0.05, 0) is 36.5 Å². The van der Waals surface area contributed by atoms with E-state index in [2.05, 4.69) is 0 Å². The predicted molar refractivity (Wildman–Crippen MR) is 144 cm³/mol. The highest BCUT2D eigenvalue weighted by atomic mass is 16.6. The molecule has 9 heteroatoms. The average molecular weight is 559 g/mol. The molecule has 5 rings (SSSR count). The number of hydrogen-bond acceptors (Lipinski definition) is 9. The molecule has 0 radical (unpaired) electrons. The van der Waals surface area contributed by atoms with Crippen molar-refractivity contribution in [1.82, 2.24) is 0 Å². The van der Waals surface area contributed by atoms with Crippen molar-refractivity contribution < 1.29 is 44.6 Å². The number of ketones is 1. The number of rotatable bonds is 4. The fraction of sp³-hybridized carbons (Fsp3) is 0.677. The van der Waals surface area contributed by atoms with Gasteiger partial charge in [0.15, 0.2) is 11.9 Å². The van der Waals surface area contributed by atoms with Gasteiger partial charge in [0.1, 0.15) is 17.8 Å². The molecule has 0 spiro atoms. The summed E-state index contributed by atoms with van der Waals surface area (Å²) in [7, 11) is 0. The molecule has 1 aromatic rings. The fourth-order valence-corrected chi connectivity index (χ4v) is 8.47. The Balaban J connectivity index is 1.57. The summed E-state index contributed by atoms with van der Waals surface area (Å²) in [6.45, 7) is 10.1. The minimum atomic E-state index is -1.72. The molecule has 1 heterocycles. The number of esters is 1. The molecule has 220 valence electrons. The second-order valence-electron chi connectivity index (χ2n) is 13.3. The van der Waals surface area contributed by atoms with E-state index in [1.807, 2.05) is 18.2 Å². The van der Waals surface area contributed by atoms with Gasteiger partial charge in [-0.2, -0.15) is 0 Å². The standard InChI is InChI=1S/C31H42O9/c1-15(18-10-8-7-9-11-18)23(33)27(36)40-19-13-31(38)17(3)25-29(6,20(32)12-21-30(25,37)14-39-21)26(35)24(34)22(16(19)2)28(31,4)5/h7-11,15,17,19-21,23-25,32-34,37-38H,12-14H2,1-6H3. The van der Waals surface area contributed by atoms with Gasteiger partial charge in [-0.3, -0.25) is 4.79 Å².